The zero-order chi connectivity index (χ0) is 26.1. The lowest BCUT2D eigenvalue weighted by molar-refractivity contribution is -0.143. The Morgan fingerprint density at radius 1 is 0.806 bits per heavy atom. The molecule has 186 valence electrons. The lowest BCUT2D eigenvalue weighted by Gasteiger charge is -2.15. The van der Waals surface area contributed by atoms with Crippen LogP contribution in [0.4, 0.5) is 42.5 Å². The number of nitrogens with zero attached hydrogens (tertiary/aromatic N) is 1. The van der Waals surface area contributed by atoms with Crippen LogP contribution in [0.2, 0.25) is 5.02 Å². The van der Waals surface area contributed by atoms with Crippen LogP contribution < -0.4 is 15.4 Å². The molecule has 0 bridgehead atoms. The first-order chi connectivity index (χ1) is 16.9. The molecule has 0 spiro atoms. The minimum Gasteiger partial charge on any atom is -0.455 e. The van der Waals surface area contributed by atoms with Crippen LogP contribution in [0.15, 0.2) is 72.9 Å². The molecule has 0 unspecified atom stereocenters. The van der Waals surface area contributed by atoms with E-state index in [1.807, 2.05) is 5.32 Å². The quantitative estimate of drug-likeness (QED) is 0.263. The summed E-state index contributed by atoms with van der Waals surface area (Å²) in [6, 6.07) is 12.5. The van der Waals surface area contributed by atoms with Gasteiger partial charge in [-0.3, -0.25) is 4.98 Å². The van der Waals surface area contributed by atoms with Gasteiger partial charge in [0.15, 0.2) is 5.75 Å². The van der Waals surface area contributed by atoms with Gasteiger partial charge in [-0.2, -0.15) is 26.3 Å². The Morgan fingerprint density at radius 2 is 1.42 bits per heavy atom. The van der Waals surface area contributed by atoms with Gasteiger partial charge in [0.25, 0.3) is 0 Å². The predicted octanol–water partition coefficient (Wildman–Crippen LogP) is 8.36. The summed E-state index contributed by atoms with van der Waals surface area (Å²) in [6.45, 7) is 0. The van der Waals surface area contributed by atoms with E-state index >= 15 is 0 Å². The van der Waals surface area contributed by atoms with E-state index in [9.17, 15) is 31.1 Å². The lowest BCUT2D eigenvalue weighted by atomic mass is 10.1. The Bertz CT molecular complexity index is 1390. The Balaban J connectivity index is 1.47. The molecule has 4 aromatic rings. The fourth-order valence-corrected chi connectivity index (χ4v) is 3.46. The van der Waals surface area contributed by atoms with Crippen molar-refractivity contribution in [3.8, 4) is 11.5 Å². The molecule has 36 heavy (non-hydrogen) atoms. The molecule has 0 aliphatic carbocycles. The summed E-state index contributed by atoms with van der Waals surface area (Å²) in [5, 5.41) is 5.52. The van der Waals surface area contributed by atoms with Crippen molar-refractivity contribution in [2.45, 2.75) is 12.4 Å². The third kappa shape index (κ3) is 5.80. The highest BCUT2D eigenvalue weighted by Crippen LogP contribution is 2.38. The van der Waals surface area contributed by atoms with Crippen LogP contribution in [0.25, 0.3) is 10.9 Å². The third-order valence-corrected chi connectivity index (χ3v) is 5.19. The van der Waals surface area contributed by atoms with Crippen LogP contribution in [0.3, 0.4) is 0 Å². The summed E-state index contributed by atoms with van der Waals surface area (Å²) in [7, 11) is 0. The van der Waals surface area contributed by atoms with Gasteiger partial charge in [-0.25, -0.2) is 4.79 Å². The summed E-state index contributed by atoms with van der Waals surface area (Å²) in [5.41, 5.74) is -3.01. The molecule has 3 aromatic carbocycles. The number of aromatic nitrogens is 1. The molecule has 2 N–H and O–H groups in total. The van der Waals surface area contributed by atoms with Gasteiger partial charge in [0.1, 0.15) is 11.3 Å². The Kier molecular flexibility index (Phi) is 6.68. The normalized spacial score (nSPS) is 11.9. The average molecular weight is 526 g/mol. The maximum atomic E-state index is 13.0. The van der Waals surface area contributed by atoms with E-state index in [4.69, 9.17) is 16.3 Å². The molecule has 5 nitrogen and oxygen atoms in total. The van der Waals surface area contributed by atoms with Gasteiger partial charge in [-0.05, 0) is 66.7 Å². The number of benzene rings is 3. The molecular weight excluding hydrogens is 512 g/mol. The molecule has 12 heteroatoms. The number of rotatable bonds is 4. The van der Waals surface area contributed by atoms with E-state index in [1.165, 1.54) is 24.3 Å². The largest absolute Gasteiger partial charge is 0.455 e. The van der Waals surface area contributed by atoms with Crippen LogP contribution in [-0.4, -0.2) is 11.0 Å². The molecule has 0 radical (unpaired) electrons. The minimum atomic E-state index is -5.03. The third-order valence-electron chi connectivity index (χ3n) is 4.86. The second-order valence-corrected chi connectivity index (χ2v) is 7.85. The number of nitrogens with one attached hydrogen (secondary N) is 2. The number of pyridine rings is 1. The number of alkyl halides is 6. The van der Waals surface area contributed by atoms with Gasteiger partial charge in [0, 0.05) is 23.0 Å². The summed E-state index contributed by atoms with van der Waals surface area (Å²) in [4.78, 5) is 16.5. The van der Waals surface area contributed by atoms with E-state index < -0.39 is 35.2 Å². The van der Waals surface area contributed by atoms with E-state index in [2.05, 4.69) is 10.3 Å². The topological polar surface area (TPSA) is 63.2 Å². The van der Waals surface area contributed by atoms with E-state index in [-0.39, 0.29) is 11.8 Å². The second-order valence-electron chi connectivity index (χ2n) is 7.45. The van der Waals surface area contributed by atoms with Crippen molar-refractivity contribution < 1.29 is 35.9 Å². The van der Waals surface area contributed by atoms with Crippen molar-refractivity contribution in [3.05, 3.63) is 89.1 Å². The molecule has 1 aromatic heterocycles. The van der Waals surface area contributed by atoms with E-state index in [0.29, 0.717) is 39.6 Å². The maximum Gasteiger partial charge on any atom is 0.416 e. The summed E-state index contributed by atoms with van der Waals surface area (Å²) >= 11 is 6.17. The lowest BCUT2D eigenvalue weighted by Crippen LogP contribution is -2.20. The molecule has 0 saturated carbocycles. The number of carbonyl (C=O) groups excluding carboxylic acids is 1. The standard InChI is InChI=1S/C24H14ClF6N3O2/c25-19-7-8-20(21-18(19)2-1-9-32-21)36-17-5-3-15(4-6-17)33-22(35)34-16-11-13(23(26,27)28)10-14(12-16)24(29,30)31/h1-12H,(H2,33,34,35). The average Bonchev–Trinajstić information content (AvgIpc) is 2.81. The highest BCUT2D eigenvalue weighted by molar-refractivity contribution is 6.35. The fourth-order valence-electron chi connectivity index (χ4n) is 3.25. The molecule has 0 atom stereocenters. The molecule has 0 aliphatic heterocycles. The number of anilines is 2. The van der Waals surface area contributed by atoms with E-state index in [1.54, 1.807) is 30.5 Å². The second kappa shape index (κ2) is 9.57. The van der Waals surface area contributed by atoms with Gasteiger partial charge in [-0.15, -0.1) is 0 Å². The van der Waals surface area contributed by atoms with Crippen molar-refractivity contribution in [2.24, 2.45) is 0 Å². The van der Waals surface area contributed by atoms with Crippen molar-refractivity contribution in [1.29, 1.82) is 0 Å². The number of carbonyl (C=O) groups is 1. The number of urea groups is 1. The van der Waals surface area contributed by atoms with Crippen LogP contribution in [-0.2, 0) is 12.4 Å². The Morgan fingerprint density at radius 3 is 2.03 bits per heavy atom. The summed E-state index contributed by atoms with van der Waals surface area (Å²) < 4.78 is 83.8. The predicted molar refractivity (Wildman–Crippen MR) is 122 cm³/mol. The molecule has 2 amide bonds. The van der Waals surface area contributed by atoms with Crippen molar-refractivity contribution >= 4 is 39.9 Å². The zero-order valence-electron chi connectivity index (χ0n) is 17.8. The van der Waals surface area contributed by atoms with Gasteiger partial charge in [-0.1, -0.05) is 11.6 Å². The Hall–Kier alpha value is -3.99. The summed E-state index contributed by atoms with van der Waals surface area (Å²) in [5.74, 6) is 0.807. The first kappa shape index (κ1) is 25.1. The highest BCUT2D eigenvalue weighted by atomic mass is 35.5. The zero-order valence-corrected chi connectivity index (χ0v) is 18.6. The smallest absolute Gasteiger partial charge is 0.416 e. The minimum absolute atomic E-state index is 0.0266. The number of hydrogen-bond acceptors (Lipinski definition) is 3. The Labute approximate surface area is 204 Å². The number of hydrogen-bond donors (Lipinski definition) is 2. The molecule has 0 saturated heterocycles. The summed E-state index contributed by atoms with van der Waals surface area (Å²) in [6.07, 6.45) is -8.48. The van der Waals surface area contributed by atoms with Crippen LogP contribution in [0.5, 0.6) is 11.5 Å². The van der Waals surface area contributed by atoms with Crippen molar-refractivity contribution in [3.63, 3.8) is 0 Å². The molecule has 4 rings (SSSR count). The van der Waals surface area contributed by atoms with Crippen LogP contribution in [0, 0.1) is 0 Å². The van der Waals surface area contributed by atoms with Crippen LogP contribution in [0.1, 0.15) is 11.1 Å². The first-order valence-corrected chi connectivity index (χ1v) is 10.5. The van der Waals surface area contributed by atoms with Gasteiger partial charge >= 0.3 is 18.4 Å². The van der Waals surface area contributed by atoms with E-state index in [0.717, 1.165) is 0 Å². The number of amides is 2. The molecule has 0 aliphatic rings. The highest BCUT2D eigenvalue weighted by Gasteiger charge is 2.37. The van der Waals surface area contributed by atoms with Gasteiger partial charge < -0.3 is 15.4 Å². The van der Waals surface area contributed by atoms with Gasteiger partial charge in [0.05, 0.1) is 16.1 Å². The fraction of sp³-hybridized carbons (Fsp3) is 0.0833. The number of fused-ring (bicyclic) bond motifs is 1. The van der Waals surface area contributed by atoms with Crippen LogP contribution >= 0.6 is 11.6 Å². The van der Waals surface area contributed by atoms with Crippen molar-refractivity contribution in [2.75, 3.05) is 10.6 Å². The van der Waals surface area contributed by atoms with Crippen molar-refractivity contribution in [1.82, 2.24) is 4.98 Å². The SMILES string of the molecule is O=C(Nc1ccc(Oc2ccc(Cl)c3cccnc23)cc1)Nc1cc(C(F)(F)F)cc(C(F)(F)F)c1. The molecular formula is C24H14ClF6N3O2. The number of ether oxygens (including phenoxy) is 1. The molecule has 0 fully saturated rings. The van der Waals surface area contributed by atoms with Gasteiger partial charge in [0.2, 0.25) is 0 Å². The number of halogens is 7. The molecule has 1 heterocycles. The first-order valence-electron chi connectivity index (χ1n) is 10.1. The monoisotopic (exact) mass is 525 g/mol. The maximum absolute atomic E-state index is 13.0.